The summed E-state index contributed by atoms with van der Waals surface area (Å²) in [6, 6.07) is 11.5. The number of methoxy groups -OCH3 is 2. The Morgan fingerprint density at radius 3 is 2.32 bits per heavy atom. The standard InChI is InChI=1S/C24H33N3O6S/c1-7-20(24(29)25-3)26(15-18-10-8-9-17(2)13-18)23(28)16-27(34(6,30)31)21-12-11-19(32-4)14-22(21)33-5/h8-14,20H,7,15-16H2,1-6H3,(H,25,29). The van der Waals surface area contributed by atoms with E-state index in [9.17, 15) is 18.0 Å². The second-order valence-electron chi connectivity index (χ2n) is 7.86. The van der Waals surface area contributed by atoms with Crippen LogP contribution in [0.25, 0.3) is 0 Å². The van der Waals surface area contributed by atoms with E-state index in [4.69, 9.17) is 9.47 Å². The van der Waals surface area contributed by atoms with Crippen molar-refractivity contribution >= 4 is 27.5 Å². The zero-order valence-electron chi connectivity index (χ0n) is 20.5. The number of hydrogen-bond acceptors (Lipinski definition) is 6. The van der Waals surface area contributed by atoms with Gasteiger partial charge in [-0.1, -0.05) is 36.8 Å². The molecule has 0 heterocycles. The molecule has 0 fully saturated rings. The molecule has 9 nitrogen and oxygen atoms in total. The predicted octanol–water partition coefficient (Wildman–Crippen LogP) is 2.33. The molecule has 1 unspecified atom stereocenters. The number of nitrogens with zero attached hydrogens (tertiary/aromatic N) is 2. The molecule has 1 N–H and O–H groups in total. The van der Waals surface area contributed by atoms with Crippen LogP contribution in [0.4, 0.5) is 5.69 Å². The molecule has 0 aliphatic carbocycles. The highest BCUT2D eigenvalue weighted by atomic mass is 32.2. The van der Waals surface area contributed by atoms with Crippen LogP contribution in [0.15, 0.2) is 42.5 Å². The van der Waals surface area contributed by atoms with Crippen LogP contribution >= 0.6 is 0 Å². The maximum atomic E-state index is 13.6. The normalized spacial score (nSPS) is 11.9. The molecule has 0 aliphatic rings. The van der Waals surface area contributed by atoms with Gasteiger partial charge in [-0.05, 0) is 31.0 Å². The average Bonchev–Trinajstić information content (AvgIpc) is 2.80. The van der Waals surface area contributed by atoms with Crippen LogP contribution < -0.4 is 19.1 Å². The molecule has 0 saturated carbocycles. The Balaban J connectivity index is 2.50. The molecule has 0 saturated heterocycles. The molecule has 2 amide bonds. The summed E-state index contributed by atoms with van der Waals surface area (Å²) < 4.78 is 37.0. The van der Waals surface area contributed by atoms with Gasteiger partial charge < -0.3 is 19.7 Å². The lowest BCUT2D eigenvalue weighted by atomic mass is 10.1. The van der Waals surface area contributed by atoms with Gasteiger partial charge in [0.05, 0.1) is 26.2 Å². The highest BCUT2D eigenvalue weighted by molar-refractivity contribution is 7.92. The summed E-state index contributed by atoms with van der Waals surface area (Å²) in [4.78, 5) is 27.6. The molecule has 0 bridgehead atoms. The summed E-state index contributed by atoms with van der Waals surface area (Å²) >= 11 is 0. The number of sulfonamides is 1. The fourth-order valence-electron chi connectivity index (χ4n) is 3.68. The van der Waals surface area contributed by atoms with Gasteiger partial charge in [0, 0.05) is 19.7 Å². The van der Waals surface area contributed by atoms with Crippen LogP contribution in [0.2, 0.25) is 0 Å². The van der Waals surface area contributed by atoms with Crippen LogP contribution in [0.3, 0.4) is 0 Å². The van der Waals surface area contributed by atoms with Gasteiger partial charge in [0.1, 0.15) is 24.1 Å². The van der Waals surface area contributed by atoms with Crippen molar-refractivity contribution in [2.24, 2.45) is 0 Å². The quantitative estimate of drug-likeness (QED) is 0.517. The third-order valence-corrected chi connectivity index (χ3v) is 6.53. The number of nitrogens with one attached hydrogen (secondary N) is 1. The smallest absolute Gasteiger partial charge is 0.244 e. The van der Waals surface area contributed by atoms with Crippen molar-refractivity contribution in [3.8, 4) is 11.5 Å². The fourth-order valence-corrected chi connectivity index (χ4v) is 4.53. The van der Waals surface area contributed by atoms with Crippen molar-refractivity contribution in [1.82, 2.24) is 10.2 Å². The molecule has 2 aromatic rings. The number of likely N-dealkylation sites (N-methyl/N-ethyl adjacent to an activating group) is 1. The zero-order valence-corrected chi connectivity index (χ0v) is 21.3. The van der Waals surface area contributed by atoms with Gasteiger partial charge >= 0.3 is 0 Å². The number of aryl methyl sites for hydroxylation is 1. The lowest BCUT2D eigenvalue weighted by Gasteiger charge is -2.33. The first-order valence-corrected chi connectivity index (χ1v) is 12.7. The summed E-state index contributed by atoms with van der Waals surface area (Å²) in [5.74, 6) is -0.120. The average molecular weight is 492 g/mol. The van der Waals surface area contributed by atoms with E-state index < -0.39 is 28.5 Å². The molecular weight excluding hydrogens is 458 g/mol. The van der Waals surface area contributed by atoms with Crippen LogP contribution in [0.5, 0.6) is 11.5 Å². The van der Waals surface area contributed by atoms with E-state index >= 15 is 0 Å². The molecule has 10 heteroatoms. The Hall–Kier alpha value is -3.27. The number of carbonyl (C=O) groups excluding carboxylic acids is 2. The lowest BCUT2D eigenvalue weighted by Crippen LogP contribution is -2.51. The Bertz CT molecular complexity index is 1120. The lowest BCUT2D eigenvalue weighted by molar-refractivity contribution is -0.140. The van der Waals surface area contributed by atoms with E-state index in [0.717, 1.165) is 21.7 Å². The maximum Gasteiger partial charge on any atom is 0.244 e. The SMILES string of the molecule is CCC(C(=O)NC)N(Cc1cccc(C)c1)C(=O)CN(c1ccc(OC)cc1OC)S(C)(=O)=O. The number of rotatable bonds is 11. The third kappa shape index (κ3) is 6.63. The molecule has 186 valence electrons. The van der Waals surface area contributed by atoms with Crippen LogP contribution in [0.1, 0.15) is 24.5 Å². The van der Waals surface area contributed by atoms with Gasteiger partial charge in [-0.2, -0.15) is 0 Å². The fraction of sp³-hybridized carbons (Fsp3) is 0.417. The molecule has 0 radical (unpaired) electrons. The minimum absolute atomic E-state index is 0.157. The van der Waals surface area contributed by atoms with E-state index in [1.54, 1.807) is 19.1 Å². The van der Waals surface area contributed by atoms with E-state index in [2.05, 4.69) is 5.32 Å². The molecule has 0 aromatic heterocycles. The Labute approximate surface area is 201 Å². The number of amides is 2. The zero-order chi connectivity index (χ0) is 25.5. The first-order valence-electron chi connectivity index (χ1n) is 10.8. The second-order valence-corrected chi connectivity index (χ2v) is 9.76. The van der Waals surface area contributed by atoms with Gasteiger partial charge in [-0.25, -0.2) is 8.42 Å². The number of ether oxygens (including phenoxy) is 2. The van der Waals surface area contributed by atoms with E-state index in [0.29, 0.717) is 12.2 Å². The largest absolute Gasteiger partial charge is 0.497 e. The number of benzene rings is 2. The summed E-state index contributed by atoms with van der Waals surface area (Å²) in [7, 11) is 0.525. The Kier molecular flexibility index (Phi) is 9.31. The van der Waals surface area contributed by atoms with Crippen molar-refractivity contribution < 1.29 is 27.5 Å². The van der Waals surface area contributed by atoms with Gasteiger partial charge in [0.2, 0.25) is 21.8 Å². The van der Waals surface area contributed by atoms with Crippen LogP contribution in [-0.4, -0.2) is 65.2 Å². The van der Waals surface area contributed by atoms with E-state index in [-0.39, 0.29) is 23.9 Å². The van der Waals surface area contributed by atoms with Crippen molar-refractivity contribution in [3.05, 3.63) is 53.6 Å². The minimum atomic E-state index is -3.87. The van der Waals surface area contributed by atoms with Gasteiger partial charge in [-0.15, -0.1) is 0 Å². The number of anilines is 1. The molecule has 1 atom stereocenters. The Morgan fingerprint density at radius 1 is 1.09 bits per heavy atom. The molecular formula is C24H33N3O6S. The maximum absolute atomic E-state index is 13.6. The molecule has 0 aliphatic heterocycles. The topological polar surface area (TPSA) is 105 Å². The van der Waals surface area contributed by atoms with Gasteiger partial charge in [0.25, 0.3) is 0 Å². The summed E-state index contributed by atoms with van der Waals surface area (Å²) in [6.07, 6.45) is 1.38. The first kappa shape index (κ1) is 27.0. The third-order valence-electron chi connectivity index (χ3n) is 5.40. The highest BCUT2D eigenvalue weighted by Crippen LogP contribution is 2.33. The van der Waals surface area contributed by atoms with Crippen molar-refractivity contribution in [3.63, 3.8) is 0 Å². The minimum Gasteiger partial charge on any atom is -0.497 e. The summed E-state index contributed by atoms with van der Waals surface area (Å²) in [5.41, 5.74) is 2.05. The van der Waals surface area contributed by atoms with Gasteiger partial charge in [-0.3, -0.25) is 13.9 Å². The number of hydrogen-bond donors (Lipinski definition) is 1. The monoisotopic (exact) mass is 491 g/mol. The first-order chi connectivity index (χ1) is 16.0. The van der Waals surface area contributed by atoms with Crippen molar-refractivity contribution in [2.75, 3.05) is 38.4 Å². The van der Waals surface area contributed by atoms with Crippen molar-refractivity contribution in [2.45, 2.75) is 32.9 Å². The molecule has 2 aromatic carbocycles. The second kappa shape index (κ2) is 11.7. The van der Waals surface area contributed by atoms with E-state index in [1.807, 2.05) is 31.2 Å². The number of carbonyl (C=O) groups is 2. The Morgan fingerprint density at radius 2 is 1.79 bits per heavy atom. The van der Waals surface area contributed by atoms with Gasteiger partial charge in [0.15, 0.2) is 0 Å². The van der Waals surface area contributed by atoms with Crippen molar-refractivity contribution in [1.29, 1.82) is 0 Å². The summed E-state index contributed by atoms with van der Waals surface area (Å²) in [6.45, 7) is 3.40. The molecule has 2 rings (SSSR count). The predicted molar refractivity (Wildman–Crippen MR) is 132 cm³/mol. The molecule has 34 heavy (non-hydrogen) atoms. The molecule has 0 spiro atoms. The summed E-state index contributed by atoms with van der Waals surface area (Å²) in [5, 5.41) is 2.60. The van der Waals surface area contributed by atoms with Crippen LogP contribution in [0, 0.1) is 6.92 Å². The van der Waals surface area contributed by atoms with E-state index in [1.165, 1.54) is 32.2 Å². The van der Waals surface area contributed by atoms with Crippen LogP contribution in [-0.2, 0) is 26.2 Å². The highest BCUT2D eigenvalue weighted by Gasteiger charge is 2.32.